The molecule has 0 atom stereocenters. The van der Waals surface area contributed by atoms with Gasteiger partial charge >= 0.3 is 0 Å². The van der Waals surface area contributed by atoms with Gasteiger partial charge in [0.15, 0.2) is 0 Å². The predicted octanol–water partition coefficient (Wildman–Crippen LogP) is 3.77. The van der Waals surface area contributed by atoms with Gasteiger partial charge in [-0.1, -0.05) is 23.9 Å². The maximum Gasteiger partial charge on any atom is 0.288 e. The molecule has 2 aliphatic rings. The van der Waals surface area contributed by atoms with Crippen molar-refractivity contribution in [2.75, 3.05) is 32.9 Å². The number of hydrogen-bond donors (Lipinski definition) is 0. The number of hydrogen-bond acceptors (Lipinski definition) is 4. The van der Waals surface area contributed by atoms with Crippen molar-refractivity contribution in [1.29, 1.82) is 0 Å². The van der Waals surface area contributed by atoms with E-state index < -0.39 is 5.76 Å². The number of halogens is 2. The minimum absolute atomic E-state index is 0.00472. The molecule has 0 saturated carbocycles. The van der Waals surface area contributed by atoms with Crippen molar-refractivity contribution in [3.63, 3.8) is 0 Å². The molecular formula is C17H23F2NO2S. The third kappa shape index (κ3) is 4.89. The van der Waals surface area contributed by atoms with E-state index in [9.17, 15) is 8.78 Å². The molecule has 0 bridgehead atoms. The Kier molecular flexibility index (Phi) is 5.91. The van der Waals surface area contributed by atoms with Crippen LogP contribution < -0.4 is 0 Å². The molecule has 0 N–H and O–H groups in total. The van der Waals surface area contributed by atoms with Gasteiger partial charge in [-0.3, -0.25) is 4.90 Å². The summed E-state index contributed by atoms with van der Waals surface area (Å²) in [6.45, 7) is 5.10. The first kappa shape index (κ1) is 17.1. The minimum atomic E-state index is -2.36. The van der Waals surface area contributed by atoms with Gasteiger partial charge in [-0.15, -0.1) is 0 Å². The van der Waals surface area contributed by atoms with E-state index in [0.717, 1.165) is 64.3 Å². The van der Waals surface area contributed by atoms with Crippen LogP contribution in [0, 0.1) is 0 Å². The highest BCUT2D eigenvalue weighted by Crippen LogP contribution is 2.31. The van der Waals surface area contributed by atoms with E-state index in [0.29, 0.717) is 16.7 Å². The second kappa shape index (κ2) is 7.92. The van der Waals surface area contributed by atoms with E-state index in [1.807, 2.05) is 12.1 Å². The largest absolute Gasteiger partial charge is 0.381 e. The van der Waals surface area contributed by atoms with E-state index >= 15 is 0 Å². The molecule has 2 heterocycles. The molecule has 0 unspecified atom stereocenters. The van der Waals surface area contributed by atoms with E-state index in [2.05, 4.69) is 4.90 Å². The third-order valence-electron chi connectivity index (χ3n) is 4.66. The van der Waals surface area contributed by atoms with Crippen molar-refractivity contribution < 1.29 is 18.3 Å². The molecule has 2 aliphatic heterocycles. The molecule has 2 fully saturated rings. The summed E-state index contributed by atoms with van der Waals surface area (Å²) < 4.78 is 36.3. The zero-order valence-electron chi connectivity index (χ0n) is 13.2. The molecule has 3 rings (SSSR count). The zero-order chi connectivity index (χ0) is 16.1. The van der Waals surface area contributed by atoms with Crippen LogP contribution in [-0.4, -0.2) is 49.2 Å². The van der Waals surface area contributed by atoms with E-state index in [-0.39, 0.29) is 5.60 Å². The van der Waals surface area contributed by atoms with E-state index in [1.165, 1.54) is 0 Å². The quantitative estimate of drug-likeness (QED) is 0.776. The van der Waals surface area contributed by atoms with Gasteiger partial charge in [-0.05, 0) is 37.0 Å². The average Bonchev–Trinajstić information content (AvgIpc) is 2.73. The second-order valence-electron chi connectivity index (χ2n) is 6.19. The summed E-state index contributed by atoms with van der Waals surface area (Å²) >= 11 is 0.592. The van der Waals surface area contributed by atoms with Gasteiger partial charge < -0.3 is 9.47 Å². The molecule has 6 heteroatoms. The van der Waals surface area contributed by atoms with Crippen LogP contribution >= 0.6 is 11.8 Å². The van der Waals surface area contributed by atoms with Crippen LogP contribution in [0.15, 0.2) is 29.2 Å². The van der Waals surface area contributed by atoms with Crippen LogP contribution in [0.3, 0.4) is 0 Å². The lowest BCUT2D eigenvalue weighted by Crippen LogP contribution is -2.39. The Bertz CT molecular complexity index is 492. The first-order valence-electron chi connectivity index (χ1n) is 8.13. The second-order valence-corrected chi connectivity index (χ2v) is 7.26. The number of ether oxygens (including phenoxy) is 2. The number of alkyl halides is 2. The fourth-order valence-electron chi connectivity index (χ4n) is 3.27. The van der Waals surface area contributed by atoms with Crippen molar-refractivity contribution in [3.05, 3.63) is 29.8 Å². The zero-order valence-corrected chi connectivity index (χ0v) is 14.0. The van der Waals surface area contributed by atoms with Gasteiger partial charge in [0.2, 0.25) is 0 Å². The standard InChI is InChI=1S/C17H23F2NO2S/c18-16(19)23-15-3-1-14(2-4-15)13-20-8-5-17(22-12-9-20)6-10-21-11-7-17/h1-4,16H,5-13H2. The first-order chi connectivity index (χ1) is 11.2. The highest BCUT2D eigenvalue weighted by atomic mass is 32.2. The summed E-state index contributed by atoms with van der Waals surface area (Å²) in [4.78, 5) is 3.00. The third-order valence-corrected chi connectivity index (χ3v) is 5.38. The fraction of sp³-hybridized carbons (Fsp3) is 0.647. The maximum atomic E-state index is 12.3. The molecule has 23 heavy (non-hydrogen) atoms. The number of rotatable bonds is 4. The number of thioether (sulfide) groups is 1. The summed E-state index contributed by atoms with van der Waals surface area (Å²) in [6, 6.07) is 7.45. The molecule has 0 aromatic heterocycles. The maximum absolute atomic E-state index is 12.3. The Morgan fingerprint density at radius 2 is 1.78 bits per heavy atom. The molecule has 0 amide bonds. The monoisotopic (exact) mass is 343 g/mol. The predicted molar refractivity (Wildman–Crippen MR) is 86.9 cm³/mol. The molecule has 3 nitrogen and oxygen atoms in total. The van der Waals surface area contributed by atoms with Crippen LogP contribution in [0.5, 0.6) is 0 Å². The summed E-state index contributed by atoms with van der Waals surface area (Å²) in [5.41, 5.74) is 1.16. The molecule has 1 aromatic rings. The Morgan fingerprint density at radius 3 is 2.48 bits per heavy atom. The van der Waals surface area contributed by atoms with Crippen LogP contribution in [-0.2, 0) is 16.0 Å². The van der Waals surface area contributed by atoms with Crippen molar-refractivity contribution in [1.82, 2.24) is 4.90 Å². The molecule has 0 radical (unpaired) electrons. The molecule has 2 saturated heterocycles. The van der Waals surface area contributed by atoms with Crippen LogP contribution in [0.25, 0.3) is 0 Å². The van der Waals surface area contributed by atoms with Gasteiger partial charge in [0, 0.05) is 37.7 Å². The summed E-state index contributed by atoms with van der Waals surface area (Å²) in [7, 11) is 0. The lowest BCUT2D eigenvalue weighted by molar-refractivity contribution is -0.105. The average molecular weight is 343 g/mol. The highest BCUT2D eigenvalue weighted by molar-refractivity contribution is 7.99. The number of benzene rings is 1. The van der Waals surface area contributed by atoms with Gasteiger partial charge in [0.1, 0.15) is 0 Å². The minimum Gasteiger partial charge on any atom is -0.381 e. The molecule has 128 valence electrons. The topological polar surface area (TPSA) is 21.7 Å². The van der Waals surface area contributed by atoms with Crippen molar-refractivity contribution in [2.24, 2.45) is 0 Å². The van der Waals surface area contributed by atoms with E-state index in [4.69, 9.17) is 9.47 Å². The van der Waals surface area contributed by atoms with Gasteiger partial charge in [0.05, 0.1) is 12.2 Å². The smallest absolute Gasteiger partial charge is 0.288 e. The summed E-state index contributed by atoms with van der Waals surface area (Å²) in [5, 5.41) is 0. The SMILES string of the molecule is FC(F)Sc1ccc(CN2CCOC3(CCOCC3)CC2)cc1. The first-order valence-corrected chi connectivity index (χ1v) is 9.01. The van der Waals surface area contributed by atoms with Crippen molar-refractivity contribution in [3.8, 4) is 0 Å². The lowest BCUT2D eigenvalue weighted by atomic mass is 9.90. The summed E-state index contributed by atoms with van der Waals surface area (Å²) in [5.74, 6) is -2.36. The van der Waals surface area contributed by atoms with Crippen LogP contribution in [0.4, 0.5) is 8.78 Å². The van der Waals surface area contributed by atoms with Gasteiger partial charge in [-0.2, -0.15) is 8.78 Å². The highest BCUT2D eigenvalue weighted by Gasteiger charge is 2.35. The van der Waals surface area contributed by atoms with Gasteiger partial charge in [0.25, 0.3) is 5.76 Å². The molecule has 0 aliphatic carbocycles. The fourth-order valence-corrected chi connectivity index (χ4v) is 3.77. The number of nitrogens with zero attached hydrogens (tertiary/aromatic N) is 1. The normalized spacial score (nSPS) is 22.4. The van der Waals surface area contributed by atoms with Crippen molar-refractivity contribution >= 4 is 11.8 Å². The Morgan fingerprint density at radius 1 is 1.04 bits per heavy atom. The summed E-state index contributed by atoms with van der Waals surface area (Å²) in [6.07, 6.45) is 3.01. The van der Waals surface area contributed by atoms with Crippen molar-refractivity contribution in [2.45, 2.75) is 42.1 Å². The van der Waals surface area contributed by atoms with E-state index in [1.54, 1.807) is 12.1 Å². The Labute approximate surface area is 140 Å². The Balaban J connectivity index is 1.54. The Hall–Kier alpha value is -0.690. The molecule has 1 spiro atoms. The molecular weight excluding hydrogens is 320 g/mol. The van der Waals surface area contributed by atoms with Crippen LogP contribution in [0.1, 0.15) is 24.8 Å². The lowest BCUT2D eigenvalue weighted by Gasteiger charge is -2.35. The molecule has 1 aromatic carbocycles. The van der Waals surface area contributed by atoms with Gasteiger partial charge in [-0.25, -0.2) is 0 Å². The van der Waals surface area contributed by atoms with Crippen LogP contribution in [0.2, 0.25) is 0 Å².